The smallest absolute Gasteiger partial charge is 0.254 e. The predicted octanol–water partition coefficient (Wildman–Crippen LogP) is 3.70. The molecule has 2 aromatic rings. The highest BCUT2D eigenvalue weighted by atomic mass is 16.5. The van der Waals surface area contributed by atoms with Gasteiger partial charge in [0.25, 0.3) is 5.91 Å². The normalized spacial score (nSPS) is 19.1. The zero-order chi connectivity index (χ0) is 18.7. The zero-order valence-corrected chi connectivity index (χ0v) is 15.7. The number of methoxy groups -OCH3 is 2. The van der Waals surface area contributed by atoms with Gasteiger partial charge >= 0.3 is 0 Å². The fraction of sp³-hybridized carbons (Fsp3) is 0.381. The van der Waals surface area contributed by atoms with Gasteiger partial charge in [0, 0.05) is 5.56 Å². The summed E-state index contributed by atoms with van der Waals surface area (Å²) in [5, 5.41) is 0. The van der Waals surface area contributed by atoms with E-state index in [4.69, 9.17) is 14.2 Å². The van der Waals surface area contributed by atoms with Crippen molar-refractivity contribution in [2.75, 3.05) is 27.4 Å². The molecule has 0 aliphatic carbocycles. The Balaban J connectivity index is 1.88. The van der Waals surface area contributed by atoms with E-state index >= 15 is 0 Å². The predicted molar refractivity (Wildman–Crippen MR) is 99.8 cm³/mol. The van der Waals surface area contributed by atoms with Crippen molar-refractivity contribution in [3.8, 4) is 11.5 Å². The Morgan fingerprint density at radius 3 is 2.42 bits per heavy atom. The maximum atomic E-state index is 13.2. The van der Waals surface area contributed by atoms with Crippen LogP contribution in [0.5, 0.6) is 11.5 Å². The van der Waals surface area contributed by atoms with Crippen molar-refractivity contribution < 1.29 is 19.0 Å². The molecular formula is C21H25NO4. The van der Waals surface area contributed by atoms with E-state index in [0.29, 0.717) is 30.2 Å². The molecule has 1 aliphatic heterocycles. The Kier molecular flexibility index (Phi) is 5.18. The number of carbonyl (C=O) groups excluding carboxylic acids is 1. The van der Waals surface area contributed by atoms with Crippen molar-refractivity contribution in [2.24, 2.45) is 0 Å². The molecule has 1 atom stereocenters. The van der Waals surface area contributed by atoms with E-state index in [9.17, 15) is 4.79 Å². The van der Waals surface area contributed by atoms with Gasteiger partial charge < -0.3 is 19.1 Å². The number of hydrogen-bond donors (Lipinski definition) is 0. The number of hydrogen-bond acceptors (Lipinski definition) is 4. The average Bonchev–Trinajstić information content (AvgIpc) is 2.67. The van der Waals surface area contributed by atoms with E-state index in [1.165, 1.54) is 0 Å². The molecule has 1 fully saturated rings. The van der Waals surface area contributed by atoms with Crippen LogP contribution in [0.2, 0.25) is 0 Å². The number of rotatable bonds is 4. The third-order valence-electron chi connectivity index (χ3n) is 4.76. The van der Waals surface area contributed by atoms with E-state index < -0.39 is 5.54 Å². The standard InChI is InChI=1S/C21H25NO4/c1-21(2)14-26-19(15-8-6-5-7-9-15)13-22(21)20(23)16-10-11-17(24-3)18(12-16)25-4/h5-12,19H,13-14H2,1-4H3. The van der Waals surface area contributed by atoms with Crippen molar-refractivity contribution in [2.45, 2.75) is 25.5 Å². The molecule has 1 amide bonds. The summed E-state index contributed by atoms with van der Waals surface area (Å²) >= 11 is 0. The van der Waals surface area contributed by atoms with Crippen molar-refractivity contribution in [3.05, 3.63) is 59.7 Å². The number of benzene rings is 2. The summed E-state index contributed by atoms with van der Waals surface area (Å²) < 4.78 is 16.6. The van der Waals surface area contributed by atoms with Crippen molar-refractivity contribution >= 4 is 5.91 Å². The van der Waals surface area contributed by atoms with Crippen LogP contribution in [0.4, 0.5) is 0 Å². The number of amides is 1. The summed E-state index contributed by atoms with van der Waals surface area (Å²) in [4.78, 5) is 15.1. The van der Waals surface area contributed by atoms with Gasteiger partial charge in [-0.25, -0.2) is 0 Å². The SMILES string of the molecule is COc1ccc(C(=O)N2CC(c3ccccc3)OCC2(C)C)cc1OC. The minimum atomic E-state index is -0.393. The van der Waals surface area contributed by atoms with Crippen LogP contribution in [-0.2, 0) is 4.74 Å². The van der Waals surface area contributed by atoms with Gasteiger partial charge in [-0.15, -0.1) is 0 Å². The highest BCUT2D eigenvalue weighted by Gasteiger charge is 2.39. The van der Waals surface area contributed by atoms with Gasteiger partial charge in [0.05, 0.1) is 32.9 Å². The summed E-state index contributed by atoms with van der Waals surface area (Å²) in [6.45, 7) is 5.02. The number of carbonyl (C=O) groups is 1. The lowest BCUT2D eigenvalue weighted by Gasteiger charge is -2.45. The van der Waals surface area contributed by atoms with Gasteiger partial charge in [-0.1, -0.05) is 30.3 Å². The average molecular weight is 355 g/mol. The van der Waals surface area contributed by atoms with E-state index in [0.717, 1.165) is 5.56 Å². The molecule has 1 saturated heterocycles. The van der Waals surface area contributed by atoms with Crippen molar-refractivity contribution in [1.82, 2.24) is 4.90 Å². The Morgan fingerprint density at radius 2 is 1.77 bits per heavy atom. The topological polar surface area (TPSA) is 48.0 Å². The Morgan fingerprint density at radius 1 is 1.08 bits per heavy atom. The molecule has 0 aromatic heterocycles. The van der Waals surface area contributed by atoms with Gasteiger partial charge in [0.2, 0.25) is 0 Å². The molecule has 0 bridgehead atoms. The minimum absolute atomic E-state index is 0.0415. The van der Waals surface area contributed by atoms with Gasteiger partial charge in [-0.3, -0.25) is 4.79 Å². The fourth-order valence-corrected chi connectivity index (χ4v) is 3.20. The summed E-state index contributed by atoms with van der Waals surface area (Å²) in [7, 11) is 3.14. The first-order valence-corrected chi connectivity index (χ1v) is 8.67. The van der Waals surface area contributed by atoms with Gasteiger partial charge in [-0.05, 0) is 37.6 Å². The molecule has 2 aromatic carbocycles. The van der Waals surface area contributed by atoms with Crippen LogP contribution in [-0.4, -0.2) is 43.7 Å². The summed E-state index contributed by atoms with van der Waals surface area (Å²) in [5.74, 6) is 1.11. The van der Waals surface area contributed by atoms with E-state index in [2.05, 4.69) is 0 Å². The molecule has 0 spiro atoms. The molecule has 3 rings (SSSR count). The molecular weight excluding hydrogens is 330 g/mol. The maximum absolute atomic E-state index is 13.2. The van der Waals surface area contributed by atoms with Gasteiger partial charge in [-0.2, -0.15) is 0 Å². The molecule has 1 aliphatic rings. The Bertz CT molecular complexity index is 773. The fourth-order valence-electron chi connectivity index (χ4n) is 3.20. The summed E-state index contributed by atoms with van der Waals surface area (Å²) in [6.07, 6.45) is -0.131. The van der Waals surface area contributed by atoms with E-state index in [1.807, 2.05) is 49.1 Å². The monoisotopic (exact) mass is 355 g/mol. The molecule has 0 N–H and O–H groups in total. The van der Waals surface area contributed by atoms with Crippen molar-refractivity contribution in [1.29, 1.82) is 0 Å². The molecule has 5 heteroatoms. The second kappa shape index (κ2) is 7.38. The number of nitrogens with zero attached hydrogens (tertiary/aromatic N) is 1. The largest absolute Gasteiger partial charge is 0.493 e. The number of ether oxygens (including phenoxy) is 3. The first-order valence-electron chi connectivity index (χ1n) is 8.67. The van der Waals surface area contributed by atoms with Crippen LogP contribution < -0.4 is 9.47 Å². The first-order chi connectivity index (χ1) is 12.5. The maximum Gasteiger partial charge on any atom is 0.254 e. The summed E-state index contributed by atoms with van der Waals surface area (Å²) in [6, 6.07) is 15.3. The Hall–Kier alpha value is -2.53. The summed E-state index contributed by atoms with van der Waals surface area (Å²) in [5.41, 5.74) is 1.26. The highest BCUT2D eigenvalue weighted by Crippen LogP contribution is 2.33. The molecule has 1 heterocycles. The second-order valence-electron chi connectivity index (χ2n) is 7.01. The zero-order valence-electron chi connectivity index (χ0n) is 15.7. The Labute approximate surface area is 154 Å². The molecule has 0 radical (unpaired) electrons. The highest BCUT2D eigenvalue weighted by molar-refractivity contribution is 5.95. The molecule has 5 nitrogen and oxygen atoms in total. The second-order valence-corrected chi connectivity index (χ2v) is 7.01. The third-order valence-corrected chi connectivity index (χ3v) is 4.76. The molecule has 138 valence electrons. The van der Waals surface area contributed by atoms with Crippen molar-refractivity contribution in [3.63, 3.8) is 0 Å². The third kappa shape index (κ3) is 3.53. The molecule has 1 unspecified atom stereocenters. The first kappa shape index (κ1) is 18.3. The lowest BCUT2D eigenvalue weighted by Crippen LogP contribution is -2.56. The van der Waals surface area contributed by atoms with Crippen LogP contribution in [0.25, 0.3) is 0 Å². The van der Waals surface area contributed by atoms with Crippen LogP contribution >= 0.6 is 0 Å². The van der Waals surface area contributed by atoms with E-state index in [1.54, 1.807) is 32.4 Å². The quantitative estimate of drug-likeness (QED) is 0.839. The lowest BCUT2D eigenvalue weighted by atomic mass is 9.96. The van der Waals surface area contributed by atoms with Crippen LogP contribution in [0.3, 0.4) is 0 Å². The molecule has 0 saturated carbocycles. The van der Waals surface area contributed by atoms with Crippen LogP contribution in [0.1, 0.15) is 35.9 Å². The minimum Gasteiger partial charge on any atom is -0.493 e. The lowest BCUT2D eigenvalue weighted by molar-refractivity contribution is -0.0846. The number of morpholine rings is 1. The van der Waals surface area contributed by atoms with Crippen LogP contribution in [0, 0.1) is 0 Å². The van der Waals surface area contributed by atoms with E-state index in [-0.39, 0.29) is 12.0 Å². The molecule has 26 heavy (non-hydrogen) atoms. The van der Waals surface area contributed by atoms with Gasteiger partial charge in [0.1, 0.15) is 6.10 Å². The van der Waals surface area contributed by atoms with Gasteiger partial charge in [0.15, 0.2) is 11.5 Å². The van der Waals surface area contributed by atoms with Crippen LogP contribution in [0.15, 0.2) is 48.5 Å².